The van der Waals surface area contributed by atoms with Crippen LogP contribution < -0.4 is 9.47 Å². The Labute approximate surface area is 153 Å². The van der Waals surface area contributed by atoms with E-state index in [2.05, 4.69) is 13.8 Å². The molecule has 0 bridgehead atoms. The third-order valence-corrected chi connectivity index (χ3v) is 4.83. The van der Waals surface area contributed by atoms with Gasteiger partial charge in [-0.2, -0.15) is 5.10 Å². The number of nitrogens with zero attached hydrogens (tertiary/aromatic N) is 2. The summed E-state index contributed by atoms with van der Waals surface area (Å²) in [6.07, 6.45) is 2.22. The summed E-state index contributed by atoms with van der Waals surface area (Å²) in [5.74, 6) is 1.41. The minimum Gasteiger partial charge on any atom is -0.454 e. The second kappa shape index (κ2) is 6.83. The van der Waals surface area contributed by atoms with Gasteiger partial charge >= 0.3 is 0 Å². The summed E-state index contributed by atoms with van der Waals surface area (Å²) in [4.78, 5) is 12.9. The first-order valence-corrected chi connectivity index (χ1v) is 9.06. The van der Waals surface area contributed by atoms with Gasteiger partial charge in [-0.15, -0.1) is 0 Å². The summed E-state index contributed by atoms with van der Waals surface area (Å²) < 4.78 is 11.1. The fraction of sp³-hybridized carbons (Fsp3) is 0.333. The quantitative estimate of drug-likeness (QED) is 0.844. The van der Waals surface area contributed by atoms with Crippen molar-refractivity contribution in [2.24, 2.45) is 5.10 Å². The Morgan fingerprint density at radius 3 is 2.62 bits per heavy atom. The van der Waals surface area contributed by atoms with Gasteiger partial charge in [-0.1, -0.05) is 43.7 Å². The number of hydrazone groups is 1. The molecule has 0 spiro atoms. The highest BCUT2D eigenvalue weighted by atomic mass is 16.7. The fourth-order valence-electron chi connectivity index (χ4n) is 3.51. The molecular formula is C21H22N2O3. The first kappa shape index (κ1) is 16.6. The smallest absolute Gasteiger partial charge is 0.247 e. The van der Waals surface area contributed by atoms with E-state index in [4.69, 9.17) is 14.6 Å². The Hall–Kier alpha value is -2.82. The monoisotopic (exact) mass is 350 g/mol. The Morgan fingerprint density at radius 2 is 1.88 bits per heavy atom. The van der Waals surface area contributed by atoms with Crippen molar-refractivity contribution < 1.29 is 14.3 Å². The highest BCUT2D eigenvalue weighted by Gasteiger charge is 2.29. The first-order valence-electron chi connectivity index (χ1n) is 9.06. The molecule has 2 aliphatic heterocycles. The lowest BCUT2D eigenvalue weighted by atomic mass is 9.95. The molecule has 2 heterocycles. The topological polar surface area (TPSA) is 51.1 Å². The number of rotatable bonds is 4. The molecule has 2 aliphatic rings. The summed E-state index contributed by atoms with van der Waals surface area (Å²) >= 11 is 0. The van der Waals surface area contributed by atoms with E-state index in [0.29, 0.717) is 17.9 Å². The van der Waals surface area contributed by atoms with Crippen molar-refractivity contribution in [2.45, 2.75) is 39.2 Å². The van der Waals surface area contributed by atoms with Crippen LogP contribution in [-0.2, 0) is 11.2 Å². The van der Waals surface area contributed by atoms with Crippen LogP contribution in [0.2, 0.25) is 0 Å². The lowest BCUT2D eigenvalue weighted by Crippen LogP contribution is -2.35. The maximum atomic E-state index is 12.9. The van der Waals surface area contributed by atoms with Gasteiger partial charge in [-0.3, -0.25) is 4.79 Å². The third-order valence-electron chi connectivity index (χ3n) is 4.83. The maximum absolute atomic E-state index is 12.9. The molecular weight excluding hydrogens is 328 g/mol. The molecule has 0 aromatic heterocycles. The summed E-state index contributed by atoms with van der Waals surface area (Å²) in [5.41, 5.74) is 3.64. The molecule has 26 heavy (non-hydrogen) atoms. The molecule has 0 aliphatic carbocycles. The first-order chi connectivity index (χ1) is 12.7. The average Bonchev–Trinajstić information content (AvgIpc) is 3.04. The van der Waals surface area contributed by atoms with E-state index in [1.165, 1.54) is 0 Å². The lowest BCUT2D eigenvalue weighted by molar-refractivity contribution is -0.132. The van der Waals surface area contributed by atoms with E-state index in [0.717, 1.165) is 35.2 Å². The van der Waals surface area contributed by atoms with E-state index in [1.54, 1.807) is 5.01 Å². The summed E-state index contributed by atoms with van der Waals surface area (Å²) in [6, 6.07) is 13.9. The number of hydrogen-bond donors (Lipinski definition) is 0. The van der Waals surface area contributed by atoms with Crippen molar-refractivity contribution in [1.82, 2.24) is 5.01 Å². The zero-order valence-corrected chi connectivity index (χ0v) is 15.1. The normalized spacial score (nSPS) is 16.8. The predicted octanol–water partition coefficient (Wildman–Crippen LogP) is 3.74. The van der Waals surface area contributed by atoms with Crippen LogP contribution in [0.15, 0.2) is 47.6 Å². The number of carbonyl (C=O) groups excluding carboxylic acids is 1. The highest BCUT2D eigenvalue weighted by Crippen LogP contribution is 2.37. The van der Waals surface area contributed by atoms with Crippen LogP contribution in [0.4, 0.5) is 0 Å². The van der Waals surface area contributed by atoms with Crippen molar-refractivity contribution >= 4 is 11.6 Å². The Bertz CT molecular complexity index is 861. The molecule has 5 heteroatoms. The van der Waals surface area contributed by atoms with E-state index >= 15 is 0 Å². The minimum absolute atomic E-state index is 0.0111. The molecule has 2 aromatic rings. The van der Waals surface area contributed by atoms with Gasteiger partial charge in [0.15, 0.2) is 11.5 Å². The van der Waals surface area contributed by atoms with E-state index < -0.39 is 0 Å². The van der Waals surface area contributed by atoms with Gasteiger partial charge in [0.25, 0.3) is 0 Å². The molecule has 2 aromatic carbocycles. The van der Waals surface area contributed by atoms with Gasteiger partial charge in [0.05, 0.1) is 18.2 Å². The zero-order chi connectivity index (χ0) is 18.1. The van der Waals surface area contributed by atoms with E-state index in [9.17, 15) is 4.79 Å². The van der Waals surface area contributed by atoms with Gasteiger partial charge in [-0.05, 0) is 31.0 Å². The Morgan fingerprint density at radius 1 is 1.15 bits per heavy atom. The predicted molar refractivity (Wildman–Crippen MR) is 99.6 cm³/mol. The van der Waals surface area contributed by atoms with Crippen molar-refractivity contribution in [3.05, 3.63) is 59.2 Å². The van der Waals surface area contributed by atoms with Crippen LogP contribution in [0.3, 0.4) is 0 Å². The van der Waals surface area contributed by atoms with Gasteiger partial charge in [0, 0.05) is 11.1 Å². The molecule has 1 atom stereocenters. The molecule has 0 fully saturated rings. The van der Waals surface area contributed by atoms with Crippen LogP contribution in [0.25, 0.3) is 0 Å². The molecule has 0 radical (unpaired) electrons. The largest absolute Gasteiger partial charge is 0.454 e. The minimum atomic E-state index is 0.0111. The maximum Gasteiger partial charge on any atom is 0.247 e. The SMILES string of the molecule is CCCC(C)N1N=C(c2ccccc2)c2cc3c(cc2CC1=O)OCO3. The summed E-state index contributed by atoms with van der Waals surface area (Å²) in [5, 5.41) is 6.47. The van der Waals surface area contributed by atoms with Crippen molar-refractivity contribution in [1.29, 1.82) is 0 Å². The molecule has 1 unspecified atom stereocenters. The second-order valence-corrected chi connectivity index (χ2v) is 6.73. The number of amides is 1. The van der Waals surface area contributed by atoms with Crippen molar-refractivity contribution in [3.63, 3.8) is 0 Å². The van der Waals surface area contributed by atoms with E-state index in [-0.39, 0.29) is 18.7 Å². The highest BCUT2D eigenvalue weighted by molar-refractivity contribution is 6.15. The van der Waals surface area contributed by atoms with Gasteiger partial charge in [-0.25, -0.2) is 5.01 Å². The van der Waals surface area contributed by atoms with Crippen LogP contribution >= 0.6 is 0 Å². The summed E-state index contributed by atoms with van der Waals surface area (Å²) in [6.45, 7) is 4.38. The van der Waals surface area contributed by atoms with Crippen LogP contribution in [0, 0.1) is 0 Å². The number of ether oxygens (including phenoxy) is 2. The molecule has 0 N–H and O–H groups in total. The van der Waals surface area contributed by atoms with Gasteiger partial charge < -0.3 is 9.47 Å². The summed E-state index contributed by atoms with van der Waals surface area (Å²) in [7, 11) is 0. The number of hydrogen-bond acceptors (Lipinski definition) is 4. The number of carbonyl (C=O) groups is 1. The molecule has 0 saturated heterocycles. The fourth-order valence-corrected chi connectivity index (χ4v) is 3.51. The number of benzene rings is 2. The molecule has 0 saturated carbocycles. The molecule has 4 rings (SSSR count). The standard InChI is InChI=1S/C21H22N2O3/c1-3-7-14(2)23-20(24)11-16-10-18-19(26-13-25-18)12-17(16)21(22-23)15-8-5-4-6-9-15/h4-6,8-10,12,14H,3,7,11,13H2,1-2H3. The van der Waals surface area contributed by atoms with Gasteiger partial charge in [0.2, 0.25) is 12.7 Å². The number of fused-ring (bicyclic) bond motifs is 2. The molecule has 5 nitrogen and oxygen atoms in total. The Kier molecular flexibility index (Phi) is 4.37. The van der Waals surface area contributed by atoms with Crippen molar-refractivity contribution in [2.75, 3.05) is 6.79 Å². The van der Waals surface area contributed by atoms with E-state index in [1.807, 2.05) is 42.5 Å². The van der Waals surface area contributed by atoms with Crippen molar-refractivity contribution in [3.8, 4) is 11.5 Å². The van der Waals surface area contributed by atoms with Crippen LogP contribution in [0.5, 0.6) is 11.5 Å². The molecule has 134 valence electrons. The lowest BCUT2D eigenvalue weighted by Gasteiger charge is -2.23. The third kappa shape index (κ3) is 2.94. The average molecular weight is 350 g/mol. The van der Waals surface area contributed by atoms with Crippen LogP contribution in [0.1, 0.15) is 43.4 Å². The zero-order valence-electron chi connectivity index (χ0n) is 15.1. The van der Waals surface area contributed by atoms with Gasteiger partial charge in [0.1, 0.15) is 0 Å². The Balaban J connectivity index is 1.87. The second-order valence-electron chi connectivity index (χ2n) is 6.73. The molecule has 1 amide bonds. The van der Waals surface area contributed by atoms with Crippen LogP contribution in [-0.4, -0.2) is 29.5 Å².